The lowest BCUT2D eigenvalue weighted by atomic mass is 9.92. The molecule has 10 nitrogen and oxygen atoms in total. The molecular weight excluding hydrogens is 809 g/mol. The number of rotatable bonds is 47. The third kappa shape index (κ3) is 32.0. The van der Waals surface area contributed by atoms with Gasteiger partial charge in [-0.1, -0.05) is 181 Å². The Kier molecular flexibility index (Phi) is 36.2. The van der Waals surface area contributed by atoms with Crippen LogP contribution < -0.4 is 0 Å². The second-order valence-electron chi connectivity index (χ2n) is 16.8. The van der Waals surface area contributed by atoms with Gasteiger partial charge in [0.25, 0.3) is 0 Å². The van der Waals surface area contributed by atoms with Crippen molar-refractivity contribution < 1.29 is 47.4 Å². The average Bonchev–Trinajstić information content (AvgIpc) is 3.33. The fraction of sp³-hybridized carbons (Fsp3) is 0.667. The molecule has 0 spiro atoms. The van der Waals surface area contributed by atoms with Gasteiger partial charge in [-0.2, -0.15) is 0 Å². The standard InChI is InChI=1S/C54H86O10/c1-2-3-4-5-6-7-8-9-10-11-12-13-14-24-31-61-47-54(50-64-46-53-29-22-17-23-30-53,48-62-42-38-57-34-32-55-36-40-59-44-51-25-18-15-19-26-51)49-63-43-39-58-35-33-56-37-41-60-45-52-27-20-16-21-28-52/h15-23,25-30H,2-14,24,31-50H2,1H3. The molecule has 0 saturated carbocycles. The van der Waals surface area contributed by atoms with Crippen molar-refractivity contribution in [1.29, 1.82) is 0 Å². The van der Waals surface area contributed by atoms with Crippen molar-refractivity contribution in [3.8, 4) is 0 Å². The highest BCUT2D eigenvalue weighted by Gasteiger charge is 2.32. The van der Waals surface area contributed by atoms with Crippen LogP contribution in [0.15, 0.2) is 91.0 Å². The predicted molar refractivity (Wildman–Crippen MR) is 257 cm³/mol. The molecule has 362 valence electrons. The fourth-order valence-corrected chi connectivity index (χ4v) is 7.12. The van der Waals surface area contributed by atoms with Crippen LogP contribution in [0, 0.1) is 5.41 Å². The minimum atomic E-state index is -0.503. The number of unbranched alkanes of at least 4 members (excludes halogenated alkanes) is 13. The van der Waals surface area contributed by atoms with Crippen LogP contribution >= 0.6 is 0 Å². The number of hydrogen-bond acceptors (Lipinski definition) is 10. The van der Waals surface area contributed by atoms with E-state index >= 15 is 0 Å². The summed E-state index contributed by atoms with van der Waals surface area (Å²) < 4.78 is 59.8. The van der Waals surface area contributed by atoms with Crippen LogP contribution in [-0.2, 0) is 67.2 Å². The Balaban J connectivity index is 1.36. The molecule has 0 atom stereocenters. The molecule has 0 bridgehead atoms. The van der Waals surface area contributed by atoms with Gasteiger partial charge in [0.15, 0.2) is 0 Å². The fourth-order valence-electron chi connectivity index (χ4n) is 7.12. The molecule has 0 aliphatic rings. The summed E-state index contributed by atoms with van der Waals surface area (Å²) >= 11 is 0. The van der Waals surface area contributed by atoms with Crippen molar-refractivity contribution in [1.82, 2.24) is 0 Å². The van der Waals surface area contributed by atoms with E-state index in [9.17, 15) is 0 Å². The topological polar surface area (TPSA) is 92.3 Å². The zero-order valence-corrected chi connectivity index (χ0v) is 39.8. The van der Waals surface area contributed by atoms with Crippen LogP contribution in [0.3, 0.4) is 0 Å². The van der Waals surface area contributed by atoms with Gasteiger partial charge >= 0.3 is 0 Å². The number of ether oxygens (including phenoxy) is 10. The van der Waals surface area contributed by atoms with Crippen molar-refractivity contribution in [2.24, 2.45) is 5.41 Å². The molecule has 0 aliphatic heterocycles. The largest absolute Gasteiger partial charge is 0.381 e. The van der Waals surface area contributed by atoms with Crippen molar-refractivity contribution in [2.75, 3.05) is 112 Å². The summed E-state index contributed by atoms with van der Waals surface area (Å²) in [7, 11) is 0. The molecule has 0 aromatic heterocycles. The van der Waals surface area contributed by atoms with Gasteiger partial charge in [-0.15, -0.1) is 0 Å². The smallest absolute Gasteiger partial charge is 0.0718 e. The quantitative estimate of drug-likeness (QED) is 0.0510. The Morgan fingerprint density at radius 2 is 0.531 bits per heavy atom. The molecule has 0 heterocycles. The molecule has 3 aromatic rings. The molecule has 10 heteroatoms. The lowest BCUT2D eigenvalue weighted by Crippen LogP contribution is -2.42. The molecule has 0 fully saturated rings. The molecule has 0 aliphatic carbocycles. The Morgan fingerprint density at radius 3 is 0.891 bits per heavy atom. The van der Waals surface area contributed by atoms with Gasteiger partial charge in [-0.3, -0.25) is 0 Å². The van der Waals surface area contributed by atoms with Crippen LogP contribution in [0.4, 0.5) is 0 Å². The molecule has 0 saturated heterocycles. The zero-order chi connectivity index (χ0) is 45.0. The predicted octanol–water partition coefficient (Wildman–Crippen LogP) is 11.2. The normalized spacial score (nSPS) is 11.8. The molecule has 0 unspecified atom stereocenters. The van der Waals surface area contributed by atoms with Gasteiger partial charge in [0, 0.05) is 6.61 Å². The Hall–Kier alpha value is -2.74. The van der Waals surface area contributed by atoms with E-state index in [0.29, 0.717) is 132 Å². The lowest BCUT2D eigenvalue weighted by Gasteiger charge is -2.33. The lowest BCUT2D eigenvalue weighted by molar-refractivity contribution is -0.118. The Morgan fingerprint density at radius 1 is 0.266 bits per heavy atom. The van der Waals surface area contributed by atoms with E-state index in [-0.39, 0.29) is 0 Å². The molecule has 0 N–H and O–H groups in total. The summed E-state index contributed by atoms with van der Waals surface area (Å²) in [4.78, 5) is 0. The maximum absolute atomic E-state index is 6.40. The highest BCUT2D eigenvalue weighted by Crippen LogP contribution is 2.22. The maximum Gasteiger partial charge on any atom is 0.0718 e. The average molecular weight is 895 g/mol. The Bertz CT molecular complexity index is 1320. The van der Waals surface area contributed by atoms with Gasteiger partial charge in [0.2, 0.25) is 0 Å². The van der Waals surface area contributed by atoms with Gasteiger partial charge in [0.05, 0.1) is 131 Å². The van der Waals surface area contributed by atoms with Crippen LogP contribution in [0.5, 0.6) is 0 Å². The highest BCUT2D eigenvalue weighted by molar-refractivity contribution is 5.14. The summed E-state index contributed by atoms with van der Waals surface area (Å²) in [5.74, 6) is 0. The van der Waals surface area contributed by atoms with E-state index in [4.69, 9.17) is 47.4 Å². The van der Waals surface area contributed by atoms with Crippen molar-refractivity contribution in [2.45, 2.75) is 117 Å². The molecule has 64 heavy (non-hydrogen) atoms. The third-order valence-corrected chi connectivity index (χ3v) is 10.8. The minimum Gasteiger partial charge on any atom is -0.381 e. The Labute approximate surface area is 388 Å². The van der Waals surface area contributed by atoms with Crippen molar-refractivity contribution >= 4 is 0 Å². The van der Waals surface area contributed by atoms with Crippen LogP contribution in [0.1, 0.15) is 114 Å². The van der Waals surface area contributed by atoms with Crippen LogP contribution in [0.25, 0.3) is 0 Å². The SMILES string of the molecule is CCCCCCCCCCCCCCCCOCC(COCCOCCOCCOCc1ccccc1)(COCCOCCOCCOCc1ccccc1)COCc1ccccc1. The van der Waals surface area contributed by atoms with Gasteiger partial charge in [-0.25, -0.2) is 0 Å². The third-order valence-electron chi connectivity index (χ3n) is 10.8. The number of benzene rings is 3. The van der Waals surface area contributed by atoms with Crippen LogP contribution in [-0.4, -0.2) is 112 Å². The summed E-state index contributed by atoms with van der Waals surface area (Å²) in [6.45, 7) is 12.4. The summed E-state index contributed by atoms with van der Waals surface area (Å²) in [5, 5.41) is 0. The maximum atomic E-state index is 6.40. The summed E-state index contributed by atoms with van der Waals surface area (Å²) in [6, 6.07) is 30.6. The van der Waals surface area contributed by atoms with E-state index in [1.165, 1.54) is 83.5 Å². The van der Waals surface area contributed by atoms with Gasteiger partial charge < -0.3 is 47.4 Å². The van der Waals surface area contributed by atoms with Crippen LogP contribution in [0.2, 0.25) is 0 Å². The van der Waals surface area contributed by atoms with E-state index in [0.717, 1.165) is 23.1 Å². The van der Waals surface area contributed by atoms with Gasteiger partial charge in [-0.05, 0) is 23.1 Å². The van der Waals surface area contributed by atoms with E-state index in [1.54, 1.807) is 0 Å². The van der Waals surface area contributed by atoms with Crippen molar-refractivity contribution in [3.63, 3.8) is 0 Å². The first-order chi connectivity index (χ1) is 31.8. The highest BCUT2D eigenvalue weighted by atomic mass is 16.6. The van der Waals surface area contributed by atoms with Gasteiger partial charge in [0.1, 0.15) is 0 Å². The second kappa shape index (κ2) is 41.7. The minimum absolute atomic E-state index is 0.417. The zero-order valence-electron chi connectivity index (χ0n) is 39.8. The first-order valence-electron chi connectivity index (χ1n) is 24.7. The molecule has 0 amide bonds. The number of hydrogen-bond donors (Lipinski definition) is 0. The summed E-state index contributed by atoms with van der Waals surface area (Å²) in [6.07, 6.45) is 18.6. The first kappa shape index (κ1) is 55.6. The molecule has 0 radical (unpaired) electrons. The summed E-state index contributed by atoms with van der Waals surface area (Å²) in [5.41, 5.74) is 2.93. The first-order valence-corrected chi connectivity index (χ1v) is 24.7. The van der Waals surface area contributed by atoms with E-state index < -0.39 is 5.41 Å². The van der Waals surface area contributed by atoms with E-state index in [1.807, 2.05) is 54.6 Å². The monoisotopic (exact) mass is 895 g/mol. The molecular formula is C54H86O10. The van der Waals surface area contributed by atoms with Crippen molar-refractivity contribution in [3.05, 3.63) is 108 Å². The second-order valence-corrected chi connectivity index (χ2v) is 16.8. The van der Waals surface area contributed by atoms with E-state index in [2.05, 4.69) is 43.3 Å². The molecule has 3 aromatic carbocycles. The molecule has 3 rings (SSSR count).